The molecule has 96 valence electrons. The summed E-state index contributed by atoms with van der Waals surface area (Å²) in [6.07, 6.45) is 1.50. The highest BCUT2D eigenvalue weighted by molar-refractivity contribution is 5.48. The Kier molecular flexibility index (Phi) is 3.03. The van der Waals surface area contributed by atoms with Gasteiger partial charge in [-0.05, 0) is 28.7 Å². The second kappa shape index (κ2) is 4.84. The molecule has 0 bridgehead atoms. The van der Waals surface area contributed by atoms with Crippen LogP contribution in [0.1, 0.15) is 34.6 Å². The molecule has 0 unspecified atom stereocenters. The maximum absolute atomic E-state index is 10.7. The molecule has 2 aromatic carbocycles. The Balaban J connectivity index is 2.03. The summed E-state index contributed by atoms with van der Waals surface area (Å²) < 4.78 is 0. The fourth-order valence-electron chi connectivity index (χ4n) is 2.99. The van der Waals surface area contributed by atoms with Crippen molar-refractivity contribution in [1.29, 1.82) is 0 Å². The van der Waals surface area contributed by atoms with Gasteiger partial charge in [0.25, 0.3) is 0 Å². The minimum Gasteiger partial charge on any atom is -0.265 e. The molecule has 0 spiro atoms. The van der Waals surface area contributed by atoms with E-state index in [0.717, 1.165) is 6.42 Å². The summed E-state index contributed by atoms with van der Waals surface area (Å²) >= 11 is 0. The van der Waals surface area contributed by atoms with E-state index in [1.165, 1.54) is 22.3 Å². The second-order valence-electron chi connectivity index (χ2n) is 4.97. The Morgan fingerprint density at radius 3 is 2.05 bits per heavy atom. The first-order valence-electron chi connectivity index (χ1n) is 6.53. The van der Waals surface area contributed by atoms with Gasteiger partial charge in [0.05, 0.1) is 0 Å². The van der Waals surface area contributed by atoms with E-state index >= 15 is 0 Å². The average Bonchev–Trinajstić information content (AvgIpc) is 2.43. The highest BCUT2D eigenvalue weighted by Crippen LogP contribution is 2.38. The Hall–Kier alpha value is -2.16. The van der Waals surface area contributed by atoms with Crippen molar-refractivity contribution in [3.8, 4) is 0 Å². The van der Waals surface area contributed by atoms with Crippen LogP contribution in [0, 0.1) is 10.1 Å². The van der Waals surface area contributed by atoms with Gasteiger partial charge in [-0.15, -0.1) is 0 Å². The lowest BCUT2D eigenvalue weighted by atomic mass is 9.77. The molecule has 0 heterocycles. The minimum atomic E-state index is -0.222. The van der Waals surface area contributed by atoms with E-state index < -0.39 is 0 Å². The van der Waals surface area contributed by atoms with Crippen LogP contribution in [-0.4, -0.2) is 11.5 Å². The van der Waals surface area contributed by atoms with Crippen LogP contribution in [0.2, 0.25) is 0 Å². The minimum absolute atomic E-state index is 0.0212. The van der Waals surface area contributed by atoms with Gasteiger partial charge in [-0.3, -0.25) is 10.1 Å². The van der Waals surface area contributed by atoms with Crippen LogP contribution in [-0.2, 0) is 6.42 Å². The summed E-state index contributed by atoms with van der Waals surface area (Å²) in [7, 11) is 0. The van der Waals surface area contributed by atoms with Gasteiger partial charge in [0, 0.05) is 17.3 Å². The molecule has 2 aromatic rings. The zero-order chi connectivity index (χ0) is 13.2. The first-order chi connectivity index (χ1) is 9.25. The van der Waals surface area contributed by atoms with Crippen molar-refractivity contribution in [3.05, 3.63) is 80.9 Å². The average molecular weight is 253 g/mol. The highest BCUT2D eigenvalue weighted by atomic mass is 16.6. The Morgan fingerprint density at radius 1 is 1.00 bits per heavy atom. The Morgan fingerprint density at radius 2 is 1.53 bits per heavy atom. The van der Waals surface area contributed by atoms with Crippen LogP contribution in [0.4, 0.5) is 0 Å². The van der Waals surface area contributed by atoms with Gasteiger partial charge in [0.1, 0.15) is 0 Å². The predicted molar refractivity (Wildman–Crippen MR) is 74.0 cm³/mol. The van der Waals surface area contributed by atoms with Crippen molar-refractivity contribution in [3.63, 3.8) is 0 Å². The molecule has 3 rings (SSSR count). The van der Waals surface area contributed by atoms with Crippen LogP contribution in [0.3, 0.4) is 0 Å². The largest absolute Gasteiger partial charge is 0.265 e. The molecule has 0 atom stereocenters. The van der Waals surface area contributed by atoms with Crippen molar-refractivity contribution in [2.45, 2.75) is 18.8 Å². The molecule has 0 aliphatic heterocycles. The molecule has 0 amide bonds. The van der Waals surface area contributed by atoms with Crippen LogP contribution < -0.4 is 0 Å². The van der Waals surface area contributed by atoms with Gasteiger partial charge >= 0.3 is 0 Å². The lowest BCUT2D eigenvalue weighted by Crippen LogP contribution is -2.16. The van der Waals surface area contributed by atoms with Crippen molar-refractivity contribution in [2.24, 2.45) is 0 Å². The molecular weight excluding hydrogens is 238 g/mol. The molecule has 1 aliphatic carbocycles. The van der Waals surface area contributed by atoms with E-state index in [-0.39, 0.29) is 17.4 Å². The van der Waals surface area contributed by atoms with Crippen molar-refractivity contribution in [1.82, 2.24) is 0 Å². The van der Waals surface area contributed by atoms with Crippen LogP contribution in [0.5, 0.6) is 0 Å². The normalized spacial score (nSPS) is 13.7. The van der Waals surface area contributed by atoms with Gasteiger partial charge in [0.15, 0.2) is 0 Å². The Bertz CT molecular complexity index is 576. The van der Waals surface area contributed by atoms with E-state index in [4.69, 9.17) is 0 Å². The zero-order valence-electron chi connectivity index (χ0n) is 10.6. The first kappa shape index (κ1) is 11.9. The number of fused-ring (bicyclic) bond motifs is 2. The molecule has 0 saturated heterocycles. The second-order valence-corrected chi connectivity index (χ2v) is 4.97. The van der Waals surface area contributed by atoms with Crippen LogP contribution >= 0.6 is 0 Å². The lowest BCUT2D eigenvalue weighted by molar-refractivity contribution is -0.480. The van der Waals surface area contributed by atoms with Gasteiger partial charge in [-0.2, -0.15) is 0 Å². The summed E-state index contributed by atoms with van der Waals surface area (Å²) in [5.41, 5.74) is 5.11. The van der Waals surface area contributed by atoms with Gasteiger partial charge in [-0.1, -0.05) is 48.5 Å². The molecule has 0 N–H and O–H groups in total. The molecule has 3 nitrogen and oxygen atoms in total. The van der Waals surface area contributed by atoms with E-state index in [9.17, 15) is 10.1 Å². The van der Waals surface area contributed by atoms with E-state index in [1.54, 1.807) is 0 Å². The van der Waals surface area contributed by atoms with Crippen LogP contribution in [0.15, 0.2) is 48.5 Å². The predicted octanol–water partition coefficient (Wildman–Crippen LogP) is 3.39. The first-order valence-corrected chi connectivity index (χ1v) is 6.53. The van der Waals surface area contributed by atoms with Gasteiger partial charge < -0.3 is 0 Å². The molecule has 0 radical (unpaired) electrons. The Labute approximate surface area is 112 Å². The molecule has 0 fully saturated rings. The maximum Gasteiger partial charge on any atom is 0.204 e. The topological polar surface area (TPSA) is 43.1 Å². The van der Waals surface area contributed by atoms with Crippen molar-refractivity contribution >= 4 is 0 Å². The SMILES string of the molecule is O=[N+]([O-])CCC1c2ccccc2Cc2ccccc21. The quantitative estimate of drug-likeness (QED) is 0.621. The smallest absolute Gasteiger partial charge is 0.204 e. The molecule has 0 aromatic heterocycles. The summed E-state index contributed by atoms with van der Waals surface area (Å²) in [6, 6.07) is 16.6. The lowest BCUT2D eigenvalue weighted by Gasteiger charge is -2.27. The van der Waals surface area contributed by atoms with Crippen LogP contribution in [0.25, 0.3) is 0 Å². The third-order valence-electron chi connectivity index (χ3n) is 3.84. The molecule has 3 heteroatoms. The fourth-order valence-corrected chi connectivity index (χ4v) is 2.99. The van der Waals surface area contributed by atoms with E-state index in [0.29, 0.717) is 6.42 Å². The summed E-state index contributed by atoms with van der Waals surface area (Å²) in [5.74, 6) is 0.159. The third-order valence-corrected chi connectivity index (χ3v) is 3.84. The molecule has 19 heavy (non-hydrogen) atoms. The standard InChI is InChI=1S/C16H15NO2/c18-17(19)10-9-16-14-7-3-1-5-12(14)11-13-6-2-4-8-15(13)16/h1-8,16H,9-11H2. The highest BCUT2D eigenvalue weighted by Gasteiger charge is 2.25. The van der Waals surface area contributed by atoms with Gasteiger partial charge in [-0.25, -0.2) is 0 Å². The summed E-state index contributed by atoms with van der Waals surface area (Å²) in [4.78, 5) is 10.4. The number of rotatable bonds is 3. The van der Waals surface area contributed by atoms with E-state index in [1.807, 2.05) is 24.3 Å². The number of hydrogen-bond donors (Lipinski definition) is 0. The fraction of sp³-hybridized carbons (Fsp3) is 0.250. The molecule has 1 aliphatic rings. The number of hydrogen-bond acceptors (Lipinski definition) is 2. The molecular formula is C16H15NO2. The maximum atomic E-state index is 10.7. The van der Waals surface area contributed by atoms with Crippen molar-refractivity contribution < 1.29 is 4.92 Å². The van der Waals surface area contributed by atoms with E-state index in [2.05, 4.69) is 24.3 Å². The van der Waals surface area contributed by atoms with Crippen molar-refractivity contribution in [2.75, 3.05) is 6.54 Å². The number of nitrogens with zero attached hydrogens (tertiary/aromatic N) is 1. The number of benzene rings is 2. The third kappa shape index (κ3) is 2.24. The zero-order valence-corrected chi connectivity index (χ0v) is 10.6. The monoisotopic (exact) mass is 253 g/mol. The summed E-state index contributed by atoms with van der Waals surface area (Å²) in [6.45, 7) is 0.0212. The molecule has 0 saturated carbocycles. The summed E-state index contributed by atoms with van der Waals surface area (Å²) in [5, 5.41) is 10.7. The van der Waals surface area contributed by atoms with Gasteiger partial charge in [0.2, 0.25) is 6.54 Å². The number of nitro groups is 1.